The van der Waals surface area contributed by atoms with Crippen LogP contribution in [0.25, 0.3) is 32.7 Å². The largest absolute Gasteiger partial charge is 0.306 e. The van der Waals surface area contributed by atoms with Crippen molar-refractivity contribution in [2.24, 2.45) is 0 Å². The highest BCUT2D eigenvalue weighted by atomic mass is 32.1. The molecule has 4 nitrogen and oxygen atoms in total. The van der Waals surface area contributed by atoms with Gasteiger partial charge >= 0.3 is 0 Å². The zero-order valence-electron chi connectivity index (χ0n) is 22.1. The summed E-state index contributed by atoms with van der Waals surface area (Å²) < 4.78 is 4.74. The summed E-state index contributed by atoms with van der Waals surface area (Å²) in [6.07, 6.45) is 0. The first-order valence-electron chi connectivity index (χ1n) is 13.6. The number of para-hydroxylation sites is 5. The molecule has 8 rings (SSSR count). The third-order valence-corrected chi connectivity index (χ3v) is 8.33. The van der Waals surface area contributed by atoms with Crippen molar-refractivity contribution < 1.29 is 0 Å². The average Bonchev–Trinajstić information content (AvgIpc) is 3.54. The smallest absolute Gasteiger partial charge is 0.174 e. The molecule has 0 atom stereocenters. The monoisotopic (exact) mass is 544 g/mol. The number of hydrogen-bond donors (Lipinski definition) is 0. The molecule has 0 fully saturated rings. The molecule has 0 radical (unpaired) electrons. The fourth-order valence-electron chi connectivity index (χ4n) is 5.70. The first-order valence-corrected chi connectivity index (χ1v) is 14.4. The molecule has 2 heterocycles. The number of fused-ring (bicyclic) bond motifs is 3. The summed E-state index contributed by atoms with van der Waals surface area (Å²) >= 11 is 1.44. The second-order valence-corrected chi connectivity index (χ2v) is 10.7. The molecule has 6 aromatic carbocycles. The second-order valence-electron chi connectivity index (χ2n) is 9.98. The predicted molar refractivity (Wildman–Crippen MR) is 171 cm³/mol. The minimum Gasteiger partial charge on any atom is -0.306 e. The van der Waals surface area contributed by atoms with E-state index in [0.717, 1.165) is 56.1 Å². The SMILES string of the molecule is c1ccc(N2c3ccccc3N(c3ccc(-c4nc(-c5cccc6ccccc56)ns4)cc3)c3ccccc32)cc1. The molecule has 0 amide bonds. The summed E-state index contributed by atoms with van der Waals surface area (Å²) in [7, 11) is 0. The van der Waals surface area contributed by atoms with E-state index in [1.807, 2.05) is 0 Å². The highest BCUT2D eigenvalue weighted by Crippen LogP contribution is 2.53. The third-order valence-electron chi connectivity index (χ3n) is 7.57. The van der Waals surface area contributed by atoms with E-state index in [2.05, 4.69) is 155 Å². The molecule has 0 saturated heterocycles. The molecule has 5 heteroatoms. The fourth-order valence-corrected chi connectivity index (χ4v) is 6.38. The lowest BCUT2D eigenvalue weighted by Crippen LogP contribution is -2.23. The summed E-state index contributed by atoms with van der Waals surface area (Å²) in [4.78, 5) is 9.63. The van der Waals surface area contributed by atoms with Crippen LogP contribution in [0.15, 0.2) is 146 Å². The van der Waals surface area contributed by atoms with Crippen LogP contribution in [0.5, 0.6) is 0 Å². The molecule has 7 aromatic rings. The predicted octanol–water partition coefficient (Wildman–Crippen LogP) is 10.3. The van der Waals surface area contributed by atoms with Gasteiger partial charge in [0.25, 0.3) is 0 Å². The van der Waals surface area contributed by atoms with Gasteiger partial charge in [-0.2, -0.15) is 4.37 Å². The highest BCUT2D eigenvalue weighted by molar-refractivity contribution is 7.09. The van der Waals surface area contributed by atoms with Gasteiger partial charge in [-0.15, -0.1) is 0 Å². The molecule has 0 saturated carbocycles. The van der Waals surface area contributed by atoms with Crippen LogP contribution >= 0.6 is 11.5 Å². The number of hydrogen-bond acceptors (Lipinski definition) is 5. The maximum absolute atomic E-state index is 4.95. The Bertz CT molecular complexity index is 1960. The lowest BCUT2D eigenvalue weighted by atomic mass is 10.0. The van der Waals surface area contributed by atoms with Gasteiger partial charge < -0.3 is 9.80 Å². The number of benzene rings is 6. The van der Waals surface area contributed by atoms with Gasteiger partial charge in [-0.25, -0.2) is 4.98 Å². The molecular weight excluding hydrogens is 520 g/mol. The van der Waals surface area contributed by atoms with Crippen LogP contribution in [0.2, 0.25) is 0 Å². The highest BCUT2D eigenvalue weighted by Gasteiger charge is 2.29. The third kappa shape index (κ3) is 3.98. The maximum atomic E-state index is 4.95. The van der Waals surface area contributed by atoms with Crippen LogP contribution in [-0.4, -0.2) is 9.36 Å². The van der Waals surface area contributed by atoms with Crippen LogP contribution in [-0.2, 0) is 0 Å². The average molecular weight is 545 g/mol. The van der Waals surface area contributed by atoms with E-state index in [1.54, 1.807) is 0 Å². The van der Waals surface area contributed by atoms with Gasteiger partial charge in [0, 0.05) is 22.5 Å². The van der Waals surface area contributed by atoms with Crippen LogP contribution in [0.4, 0.5) is 34.1 Å². The molecule has 0 aliphatic carbocycles. The quantitative estimate of drug-likeness (QED) is 0.221. The van der Waals surface area contributed by atoms with Gasteiger partial charge in [-0.1, -0.05) is 84.9 Å². The van der Waals surface area contributed by atoms with Crippen molar-refractivity contribution >= 4 is 56.4 Å². The van der Waals surface area contributed by atoms with Crippen molar-refractivity contribution in [3.8, 4) is 22.0 Å². The van der Waals surface area contributed by atoms with Crippen molar-refractivity contribution in [3.63, 3.8) is 0 Å². The number of nitrogens with zero attached hydrogens (tertiary/aromatic N) is 4. The Balaban J connectivity index is 1.18. The lowest BCUT2D eigenvalue weighted by molar-refractivity contribution is 1.17. The molecule has 194 valence electrons. The molecule has 1 aliphatic heterocycles. The van der Waals surface area contributed by atoms with E-state index in [9.17, 15) is 0 Å². The van der Waals surface area contributed by atoms with Gasteiger partial charge in [0.05, 0.1) is 22.7 Å². The van der Waals surface area contributed by atoms with Gasteiger partial charge in [0.2, 0.25) is 0 Å². The number of rotatable bonds is 4. The van der Waals surface area contributed by atoms with Crippen molar-refractivity contribution in [1.29, 1.82) is 0 Å². The van der Waals surface area contributed by atoms with Gasteiger partial charge in [0.1, 0.15) is 5.01 Å². The molecule has 0 bridgehead atoms. The molecule has 0 unspecified atom stereocenters. The van der Waals surface area contributed by atoms with Crippen molar-refractivity contribution in [3.05, 3.63) is 146 Å². The molecule has 41 heavy (non-hydrogen) atoms. The van der Waals surface area contributed by atoms with Crippen LogP contribution in [0.1, 0.15) is 0 Å². The summed E-state index contributed by atoms with van der Waals surface area (Å²) in [6.45, 7) is 0. The van der Waals surface area contributed by atoms with Gasteiger partial charge in [-0.05, 0) is 83.0 Å². The van der Waals surface area contributed by atoms with Crippen LogP contribution in [0.3, 0.4) is 0 Å². The zero-order valence-corrected chi connectivity index (χ0v) is 22.9. The van der Waals surface area contributed by atoms with E-state index >= 15 is 0 Å². The molecule has 1 aliphatic rings. The summed E-state index contributed by atoms with van der Waals surface area (Å²) in [6, 6.07) is 51.1. The molecular formula is C36H24N4S. The Morgan fingerprint density at radius 3 is 1.66 bits per heavy atom. The molecule has 0 N–H and O–H groups in total. The number of aromatic nitrogens is 2. The molecule has 0 spiro atoms. The zero-order chi connectivity index (χ0) is 27.2. The van der Waals surface area contributed by atoms with E-state index in [1.165, 1.54) is 22.3 Å². The molecule has 1 aromatic heterocycles. The van der Waals surface area contributed by atoms with Gasteiger partial charge in [-0.3, -0.25) is 0 Å². The second kappa shape index (κ2) is 9.73. The van der Waals surface area contributed by atoms with Crippen LogP contribution < -0.4 is 9.80 Å². The van der Waals surface area contributed by atoms with Crippen molar-refractivity contribution in [2.45, 2.75) is 0 Å². The first kappa shape index (κ1) is 23.6. The first-order chi connectivity index (χ1) is 20.3. The van der Waals surface area contributed by atoms with Gasteiger partial charge in [0.15, 0.2) is 5.82 Å². The van der Waals surface area contributed by atoms with Crippen molar-refractivity contribution in [1.82, 2.24) is 9.36 Å². The van der Waals surface area contributed by atoms with Crippen LogP contribution in [0, 0.1) is 0 Å². The lowest BCUT2D eigenvalue weighted by Gasteiger charge is -2.40. The van der Waals surface area contributed by atoms with Crippen molar-refractivity contribution in [2.75, 3.05) is 9.80 Å². The van der Waals surface area contributed by atoms with E-state index in [-0.39, 0.29) is 0 Å². The Hall–Kier alpha value is -5.26. The Morgan fingerprint density at radius 1 is 0.463 bits per heavy atom. The van der Waals surface area contributed by atoms with E-state index in [0.29, 0.717) is 0 Å². The van der Waals surface area contributed by atoms with E-state index < -0.39 is 0 Å². The fraction of sp³-hybridized carbons (Fsp3) is 0. The minimum absolute atomic E-state index is 0.769. The minimum atomic E-state index is 0.769. The van der Waals surface area contributed by atoms with E-state index in [4.69, 9.17) is 9.36 Å². The summed E-state index contributed by atoms with van der Waals surface area (Å²) in [5, 5.41) is 3.27. The topological polar surface area (TPSA) is 32.3 Å². The standard InChI is InChI=1S/C36H24N4S/c1-2-13-27(14-3-1)39-31-17-6-8-19-33(31)40(34-20-9-7-18-32(34)39)28-23-21-26(22-24-28)36-37-35(38-41-36)30-16-10-12-25-11-4-5-15-29(25)30/h1-24H. The Morgan fingerprint density at radius 2 is 1.00 bits per heavy atom. The normalized spacial score (nSPS) is 12.3. The Kier molecular flexibility index (Phi) is 5.61. The summed E-state index contributed by atoms with van der Waals surface area (Å²) in [5.41, 5.74) is 8.92. The maximum Gasteiger partial charge on any atom is 0.174 e. The number of anilines is 6. The summed E-state index contributed by atoms with van der Waals surface area (Å²) in [5.74, 6) is 0.769. The Labute approximate surface area is 242 Å².